The lowest BCUT2D eigenvalue weighted by Gasteiger charge is -2.02. The molecule has 16 heavy (non-hydrogen) atoms. The zero-order valence-electron chi connectivity index (χ0n) is 8.12. The van der Waals surface area contributed by atoms with Crippen LogP contribution in [-0.4, -0.2) is 18.4 Å². The fourth-order valence-corrected chi connectivity index (χ4v) is 2.29. The third-order valence-electron chi connectivity index (χ3n) is 1.58. The Bertz CT molecular complexity index is 438. The molecule has 5 nitrogen and oxygen atoms in total. The second-order valence-corrected chi connectivity index (χ2v) is 4.67. The summed E-state index contributed by atoms with van der Waals surface area (Å²) in [5, 5.41) is 14.7. The molecule has 2 amide bonds. The van der Waals surface area contributed by atoms with E-state index < -0.39 is 11.8 Å². The molecule has 0 radical (unpaired) electrons. The Hall–Kier alpha value is -1.39. The lowest BCUT2D eigenvalue weighted by atomic mass is 10.4. The van der Waals surface area contributed by atoms with Crippen LogP contribution >= 0.6 is 27.3 Å². The van der Waals surface area contributed by atoms with Crippen LogP contribution in [0.1, 0.15) is 4.88 Å². The summed E-state index contributed by atoms with van der Waals surface area (Å²) < 4.78 is 0.940. The molecule has 0 atom stereocenters. The van der Waals surface area contributed by atoms with Crippen molar-refractivity contribution in [3.05, 3.63) is 20.8 Å². The first-order valence-electron chi connectivity index (χ1n) is 4.29. The molecule has 0 aliphatic carbocycles. The van der Waals surface area contributed by atoms with Gasteiger partial charge in [-0.05, 0) is 22.0 Å². The third-order valence-corrected chi connectivity index (χ3v) is 3.28. The van der Waals surface area contributed by atoms with Crippen LogP contribution in [0.15, 0.2) is 15.9 Å². The second kappa shape index (κ2) is 6.25. The average Bonchev–Trinajstić information content (AvgIpc) is 2.68. The van der Waals surface area contributed by atoms with Crippen molar-refractivity contribution in [2.45, 2.75) is 6.54 Å². The summed E-state index contributed by atoms with van der Waals surface area (Å²) >= 11 is 4.76. The Labute approximate surface area is 105 Å². The van der Waals surface area contributed by atoms with Crippen LogP contribution in [0.2, 0.25) is 0 Å². The van der Waals surface area contributed by atoms with Crippen molar-refractivity contribution in [2.24, 2.45) is 0 Å². The Morgan fingerprint density at radius 1 is 1.44 bits per heavy atom. The number of carbonyl (C=O) groups excluding carboxylic acids is 2. The molecule has 1 aromatic rings. The highest BCUT2D eigenvalue weighted by molar-refractivity contribution is 9.10. The van der Waals surface area contributed by atoms with Gasteiger partial charge in [0.1, 0.15) is 6.54 Å². The highest BCUT2D eigenvalue weighted by Crippen LogP contribution is 2.19. The number of nitrogens with zero attached hydrogens (tertiary/aromatic N) is 1. The van der Waals surface area contributed by atoms with Crippen molar-refractivity contribution in [2.75, 3.05) is 6.54 Å². The maximum Gasteiger partial charge on any atom is 0.310 e. The van der Waals surface area contributed by atoms with Gasteiger partial charge in [-0.3, -0.25) is 9.59 Å². The molecule has 0 aliphatic heterocycles. The summed E-state index contributed by atoms with van der Waals surface area (Å²) in [6.45, 7) is 0.131. The van der Waals surface area contributed by atoms with Crippen LogP contribution in [0.3, 0.4) is 0 Å². The molecule has 0 saturated carbocycles. The molecule has 1 aromatic heterocycles. The standard InChI is InChI=1S/C9H8BrN3O2S/c10-6-3-7(16-5-6)4-13-9(15)8(14)12-2-1-11/h3,5H,2,4H2,(H,12,14)(H,13,15). The van der Waals surface area contributed by atoms with Gasteiger partial charge in [0.05, 0.1) is 12.6 Å². The largest absolute Gasteiger partial charge is 0.343 e. The minimum atomic E-state index is -0.794. The predicted octanol–water partition coefficient (Wildman–Crippen LogP) is 0.767. The Kier molecular flexibility index (Phi) is 4.95. The smallest absolute Gasteiger partial charge is 0.310 e. The van der Waals surface area contributed by atoms with E-state index in [1.807, 2.05) is 11.4 Å². The SMILES string of the molecule is N#CCNC(=O)C(=O)NCc1cc(Br)cs1. The van der Waals surface area contributed by atoms with E-state index in [1.54, 1.807) is 6.07 Å². The minimum Gasteiger partial charge on any atom is -0.343 e. The van der Waals surface area contributed by atoms with E-state index in [2.05, 4.69) is 26.6 Å². The maximum atomic E-state index is 11.2. The van der Waals surface area contributed by atoms with Gasteiger partial charge in [-0.2, -0.15) is 5.26 Å². The van der Waals surface area contributed by atoms with Crippen LogP contribution in [-0.2, 0) is 16.1 Å². The third kappa shape index (κ3) is 4.00. The number of halogens is 1. The van der Waals surface area contributed by atoms with Gasteiger partial charge in [-0.25, -0.2) is 0 Å². The van der Waals surface area contributed by atoms with Crippen molar-refractivity contribution in [3.63, 3.8) is 0 Å². The molecule has 0 saturated heterocycles. The molecule has 0 unspecified atom stereocenters. The number of amides is 2. The summed E-state index contributed by atoms with van der Waals surface area (Å²) in [6, 6.07) is 3.57. The molecule has 0 aliphatic rings. The summed E-state index contributed by atoms with van der Waals surface area (Å²) in [5.41, 5.74) is 0. The zero-order chi connectivity index (χ0) is 12.0. The number of hydrogen-bond acceptors (Lipinski definition) is 4. The van der Waals surface area contributed by atoms with E-state index in [4.69, 9.17) is 5.26 Å². The van der Waals surface area contributed by atoms with Gasteiger partial charge in [-0.15, -0.1) is 11.3 Å². The van der Waals surface area contributed by atoms with E-state index in [1.165, 1.54) is 11.3 Å². The van der Waals surface area contributed by atoms with Gasteiger partial charge in [0, 0.05) is 14.7 Å². The number of hydrogen-bond donors (Lipinski definition) is 2. The normalized spacial score (nSPS) is 9.25. The van der Waals surface area contributed by atoms with Crippen molar-refractivity contribution in [1.29, 1.82) is 5.26 Å². The van der Waals surface area contributed by atoms with Gasteiger partial charge < -0.3 is 10.6 Å². The fourth-order valence-electron chi connectivity index (χ4n) is 0.894. The molecule has 1 heterocycles. The van der Waals surface area contributed by atoms with Crippen LogP contribution < -0.4 is 10.6 Å². The first kappa shape index (κ1) is 12.7. The second-order valence-electron chi connectivity index (χ2n) is 2.75. The number of carbonyl (C=O) groups is 2. The molecule has 2 N–H and O–H groups in total. The number of nitrogens with one attached hydrogen (secondary N) is 2. The van der Waals surface area contributed by atoms with Gasteiger partial charge in [0.15, 0.2) is 0 Å². The molecule has 84 valence electrons. The first-order valence-corrected chi connectivity index (χ1v) is 5.96. The van der Waals surface area contributed by atoms with E-state index >= 15 is 0 Å². The van der Waals surface area contributed by atoms with E-state index in [9.17, 15) is 9.59 Å². The van der Waals surface area contributed by atoms with Gasteiger partial charge in [-0.1, -0.05) is 0 Å². The Balaban J connectivity index is 2.35. The van der Waals surface area contributed by atoms with Gasteiger partial charge in [0.2, 0.25) is 0 Å². The topological polar surface area (TPSA) is 82.0 Å². The molecule has 0 fully saturated rings. The Morgan fingerprint density at radius 2 is 2.12 bits per heavy atom. The number of rotatable bonds is 3. The number of nitriles is 1. The molecule has 1 rings (SSSR count). The first-order chi connectivity index (χ1) is 7.63. The maximum absolute atomic E-state index is 11.2. The van der Waals surface area contributed by atoms with Gasteiger partial charge in [0.25, 0.3) is 0 Å². The van der Waals surface area contributed by atoms with E-state index in [0.717, 1.165) is 9.35 Å². The number of thiophene rings is 1. The molecule has 0 bridgehead atoms. The van der Waals surface area contributed by atoms with Crippen LogP contribution in [0.5, 0.6) is 0 Å². The summed E-state index contributed by atoms with van der Waals surface area (Å²) in [4.78, 5) is 23.2. The fraction of sp³-hybridized carbons (Fsp3) is 0.222. The molecule has 0 spiro atoms. The molecule has 7 heteroatoms. The minimum absolute atomic E-state index is 0.170. The van der Waals surface area contributed by atoms with Crippen LogP contribution in [0, 0.1) is 11.3 Å². The summed E-state index contributed by atoms with van der Waals surface area (Å²) in [7, 11) is 0. The summed E-state index contributed by atoms with van der Waals surface area (Å²) in [6.07, 6.45) is 0. The zero-order valence-corrected chi connectivity index (χ0v) is 10.5. The summed E-state index contributed by atoms with van der Waals surface area (Å²) in [5.74, 6) is -1.53. The molecule has 0 aromatic carbocycles. The van der Waals surface area contributed by atoms with Crippen LogP contribution in [0.25, 0.3) is 0 Å². The monoisotopic (exact) mass is 301 g/mol. The Morgan fingerprint density at radius 3 is 2.69 bits per heavy atom. The predicted molar refractivity (Wildman–Crippen MR) is 62.5 cm³/mol. The highest BCUT2D eigenvalue weighted by atomic mass is 79.9. The highest BCUT2D eigenvalue weighted by Gasteiger charge is 2.12. The van der Waals surface area contributed by atoms with E-state index in [0.29, 0.717) is 6.54 Å². The van der Waals surface area contributed by atoms with Crippen LogP contribution in [0.4, 0.5) is 0 Å². The molecular weight excluding hydrogens is 294 g/mol. The quantitative estimate of drug-likeness (QED) is 0.639. The van der Waals surface area contributed by atoms with Crippen molar-refractivity contribution in [3.8, 4) is 6.07 Å². The van der Waals surface area contributed by atoms with Crippen molar-refractivity contribution in [1.82, 2.24) is 10.6 Å². The average molecular weight is 302 g/mol. The van der Waals surface area contributed by atoms with Crippen molar-refractivity contribution >= 4 is 39.1 Å². The van der Waals surface area contributed by atoms with Crippen molar-refractivity contribution < 1.29 is 9.59 Å². The molecular formula is C9H8BrN3O2S. The lowest BCUT2D eigenvalue weighted by Crippen LogP contribution is -2.39. The lowest BCUT2D eigenvalue weighted by molar-refractivity contribution is -0.139. The van der Waals surface area contributed by atoms with Gasteiger partial charge >= 0.3 is 11.8 Å². The van der Waals surface area contributed by atoms with E-state index in [-0.39, 0.29) is 6.54 Å².